The zero-order valence-corrected chi connectivity index (χ0v) is 11.6. The quantitative estimate of drug-likeness (QED) is 0.822. The van der Waals surface area contributed by atoms with E-state index >= 15 is 0 Å². The number of aliphatic hydroxyl groups excluding tert-OH is 1. The summed E-state index contributed by atoms with van der Waals surface area (Å²) < 4.78 is 5.30. The van der Waals surface area contributed by atoms with Gasteiger partial charge in [0.2, 0.25) is 0 Å². The largest absolute Gasteiger partial charge is 0.496 e. The molecular weight excluding hydrogens is 240 g/mol. The lowest BCUT2D eigenvalue weighted by Crippen LogP contribution is -2.43. The standard InChI is InChI=1S/C16H24O3/c1-19-14-9-5-4-8-13(14)12-15(17)16(18)10-6-2-3-7-11-16/h4-5,8-9,15,17-18H,2-3,6-7,10-12H2,1H3. The predicted molar refractivity (Wildman–Crippen MR) is 75.4 cm³/mol. The Bertz CT molecular complexity index is 395. The minimum Gasteiger partial charge on any atom is -0.496 e. The van der Waals surface area contributed by atoms with Crippen LogP contribution in [0, 0.1) is 0 Å². The molecule has 1 aromatic rings. The van der Waals surface area contributed by atoms with Crippen LogP contribution in [0.1, 0.15) is 44.1 Å². The van der Waals surface area contributed by atoms with E-state index in [1.165, 1.54) is 0 Å². The third-order valence-corrected chi connectivity index (χ3v) is 4.20. The maximum Gasteiger partial charge on any atom is 0.122 e. The summed E-state index contributed by atoms with van der Waals surface area (Å²) in [6.45, 7) is 0. The molecule has 0 aliphatic heterocycles. The lowest BCUT2D eigenvalue weighted by molar-refractivity contribution is -0.0837. The van der Waals surface area contributed by atoms with Gasteiger partial charge in [0.15, 0.2) is 0 Å². The van der Waals surface area contributed by atoms with E-state index in [1.54, 1.807) is 7.11 Å². The molecule has 19 heavy (non-hydrogen) atoms. The van der Waals surface area contributed by atoms with Crippen LogP contribution in [0.2, 0.25) is 0 Å². The van der Waals surface area contributed by atoms with E-state index in [9.17, 15) is 10.2 Å². The summed E-state index contributed by atoms with van der Waals surface area (Å²) in [4.78, 5) is 0. The SMILES string of the molecule is COc1ccccc1CC(O)C1(O)CCCCCC1. The second-order valence-electron chi connectivity index (χ2n) is 5.55. The summed E-state index contributed by atoms with van der Waals surface area (Å²) >= 11 is 0. The van der Waals surface area contributed by atoms with E-state index in [0.29, 0.717) is 19.3 Å². The van der Waals surface area contributed by atoms with Crippen molar-refractivity contribution in [3.8, 4) is 5.75 Å². The van der Waals surface area contributed by atoms with Gasteiger partial charge in [-0.3, -0.25) is 0 Å². The van der Waals surface area contributed by atoms with Gasteiger partial charge in [0.05, 0.1) is 18.8 Å². The molecule has 0 saturated heterocycles. The first-order chi connectivity index (χ1) is 9.15. The van der Waals surface area contributed by atoms with Crippen molar-refractivity contribution in [3.63, 3.8) is 0 Å². The van der Waals surface area contributed by atoms with Crippen LogP contribution in [0.3, 0.4) is 0 Å². The van der Waals surface area contributed by atoms with Crippen LogP contribution in [0.4, 0.5) is 0 Å². The molecule has 1 unspecified atom stereocenters. The summed E-state index contributed by atoms with van der Waals surface area (Å²) in [5.74, 6) is 0.777. The number of aliphatic hydroxyl groups is 2. The van der Waals surface area contributed by atoms with Crippen LogP contribution in [0.15, 0.2) is 24.3 Å². The normalized spacial score (nSPS) is 20.6. The maximum absolute atomic E-state index is 10.7. The monoisotopic (exact) mass is 264 g/mol. The van der Waals surface area contributed by atoms with Crippen molar-refractivity contribution in [3.05, 3.63) is 29.8 Å². The van der Waals surface area contributed by atoms with Crippen molar-refractivity contribution < 1.29 is 14.9 Å². The lowest BCUT2D eigenvalue weighted by atomic mass is 9.85. The molecule has 2 rings (SSSR count). The molecule has 2 N–H and O–H groups in total. The van der Waals surface area contributed by atoms with Crippen LogP contribution in [0.5, 0.6) is 5.75 Å². The molecule has 0 bridgehead atoms. The fourth-order valence-corrected chi connectivity index (χ4v) is 2.94. The smallest absolute Gasteiger partial charge is 0.122 e. The Morgan fingerprint density at radius 3 is 2.42 bits per heavy atom. The van der Waals surface area contributed by atoms with Gasteiger partial charge in [0, 0.05) is 6.42 Å². The number of ether oxygens (including phenoxy) is 1. The third-order valence-electron chi connectivity index (χ3n) is 4.20. The number of para-hydroxylation sites is 1. The molecule has 106 valence electrons. The lowest BCUT2D eigenvalue weighted by Gasteiger charge is -2.32. The summed E-state index contributed by atoms with van der Waals surface area (Å²) in [7, 11) is 1.63. The first-order valence-electron chi connectivity index (χ1n) is 7.18. The second-order valence-corrected chi connectivity index (χ2v) is 5.55. The van der Waals surface area contributed by atoms with Gasteiger partial charge in [-0.1, -0.05) is 43.9 Å². The fraction of sp³-hybridized carbons (Fsp3) is 0.625. The summed E-state index contributed by atoms with van der Waals surface area (Å²) in [5, 5.41) is 21.1. The van der Waals surface area contributed by atoms with E-state index in [4.69, 9.17) is 4.74 Å². The highest BCUT2D eigenvalue weighted by Gasteiger charge is 2.36. The summed E-state index contributed by atoms with van der Waals surface area (Å²) in [6, 6.07) is 7.68. The molecule has 0 radical (unpaired) electrons. The van der Waals surface area contributed by atoms with Gasteiger partial charge in [0.25, 0.3) is 0 Å². The number of benzene rings is 1. The molecular formula is C16H24O3. The van der Waals surface area contributed by atoms with Gasteiger partial charge in [-0.05, 0) is 24.5 Å². The van der Waals surface area contributed by atoms with E-state index in [2.05, 4.69) is 0 Å². The van der Waals surface area contributed by atoms with Gasteiger partial charge >= 0.3 is 0 Å². The molecule has 3 heteroatoms. The molecule has 1 aromatic carbocycles. The molecule has 1 fully saturated rings. The Balaban J connectivity index is 2.08. The molecule has 0 aromatic heterocycles. The van der Waals surface area contributed by atoms with Crippen molar-refractivity contribution in [1.82, 2.24) is 0 Å². The van der Waals surface area contributed by atoms with Crippen molar-refractivity contribution in [2.45, 2.75) is 56.7 Å². The van der Waals surface area contributed by atoms with Gasteiger partial charge in [-0.15, -0.1) is 0 Å². The number of hydrogen-bond donors (Lipinski definition) is 2. The number of rotatable bonds is 4. The molecule has 1 aliphatic carbocycles. The summed E-state index contributed by atoms with van der Waals surface area (Å²) in [6.07, 6.45) is 5.43. The minimum atomic E-state index is -0.933. The molecule has 0 heterocycles. The first kappa shape index (κ1) is 14.4. The second kappa shape index (κ2) is 6.40. The Morgan fingerprint density at radius 1 is 1.16 bits per heavy atom. The van der Waals surface area contributed by atoms with E-state index in [-0.39, 0.29) is 0 Å². The molecule has 1 atom stereocenters. The average molecular weight is 264 g/mol. The fourth-order valence-electron chi connectivity index (χ4n) is 2.94. The number of methoxy groups -OCH3 is 1. The van der Waals surface area contributed by atoms with Crippen LogP contribution in [-0.2, 0) is 6.42 Å². The molecule has 1 aliphatic rings. The Morgan fingerprint density at radius 2 is 1.79 bits per heavy atom. The van der Waals surface area contributed by atoms with E-state index in [1.807, 2.05) is 24.3 Å². The van der Waals surface area contributed by atoms with Crippen molar-refractivity contribution in [1.29, 1.82) is 0 Å². The average Bonchev–Trinajstić information content (AvgIpc) is 2.65. The Hall–Kier alpha value is -1.06. The van der Waals surface area contributed by atoms with Crippen molar-refractivity contribution in [2.24, 2.45) is 0 Å². The highest BCUT2D eigenvalue weighted by molar-refractivity contribution is 5.34. The first-order valence-corrected chi connectivity index (χ1v) is 7.18. The van der Waals surface area contributed by atoms with E-state index < -0.39 is 11.7 Å². The van der Waals surface area contributed by atoms with Gasteiger partial charge < -0.3 is 14.9 Å². The number of hydrogen-bond acceptors (Lipinski definition) is 3. The highest BCUT2D eigenvalue weighted by atomic mass is 16.5. The Kier molecular flexibility index (Phi) is 4.83. The van der Waals surface area contributed by atoms with Crippen LogP contribution in [0.25, 0.3) is 0 Å². The molecule has 0 spiro atoms. The van der Waals surface area contributed by atoms with Crippen molar-refractivity contribution in [2.75, 3.05) is 7.11 Å². The zero-order valence-electron chi connectivity index (χ0n) is 11.6. The van der Waals surface area contributed by atoms with Crippen LogP contribution in [-0.4, -0.2) is 29.0 Å². The molecule has 0 amide bonds. The Labute approximate surface area is 115 Å². The summed E-state index contributed by atoms with van der Waals surface area (Å²) in [5.41, 5.74) is 0.0207. The van der Waals surface area contributed by atoms with Crippen molar-refractivity contribution >= 4 is 0 Å². The predicted octanol–water partition coefficient (Wildman–Crippen LogP) is 2.68. The van der Waals surface area contributed by atoms with E-state index in [0.717, 1.165) is 37.0 Å². The van der Waals surface area contributed by atoms with Crippen LogP contribution < -0.4 is 4.74 Å². The topological polar surface area (TPSA) is 49.7 Å². The third kappa shape index (κ3) is 3.48. The minimum absolute atomic E-state index is 0.445. The molecule has 3 nitrogen and oxygen atoms in total. The van der Waals surface area contributed by atoms with Gasteiger partial charge in [0.1, 0.15) is 5.75 Å². The highest BCUT2D eigenvalue weighted by Crippen LogP contribution is 2.32. The van der Waals surface area contributed by atoms with Crippen LogP contribution >= 0.6 is 0 Å². The van der Waals surface area contributed by atoms with Gasteiger partial charge in [-0.25, -0.2) is 0 Å². The zero-order chi connectivity index (χ0) is 13.7. The maximum atomic E-state index is 10.7. The molecule has 1 saturated carbocycles. The van der Waals surface area contributed by atoms with Gasteiger partial charge in [-0.2, -0.15) is 0 Å².